The van der Waals surface area contributed by atoms with Crippen LogP contribution in [0.2, 0.25) is 0 Å². The molecule has 1 aromatic rings. The first-order chi connectivity index (χ1) is 9.79. The molecule has 0 bridgehead atoms. The van der Waals surface area contributed by atoms with Crippen LogP contribution in [-0.2, 0) is 21.9 Å². The van der Waals surface area contributed by atoms with Gasteiger partial charge in [0.2, 0.25) is 5.91 Å². The molecule has 1 heterocycles. The summed E-state index contributed by atoms with van der Waals surface area (Å²) in [5, 5.41) is 0. The van der Waals surface area contributed by atoms with Crippen LogP contribution in [0.15, 0.2) is 17.2 Å². The molecule has 1 fully saturated rings. The number of aromatic nitrogens is 1. The van der Waals surface area contributed by atoms with E-state index in [4.69, 9.17) is 5.73 Å². The van der Waals surface area contributed by atoms with Gasteiger partial charge in [-0.05, 0) is 24.8 Å². The smallest absolute Gasteiger partial charge is 0.265 e. The van der Waals surface area contributed by atoms with E-state index in [9.17, 15) is 18.0 Å². The molecule has 3 N–H and O–H groups in total. The monoisotopic (exact) mass is 313 g/mol. The molecule has 2 rings (SSSR count). The Labute approximate surface area is 123 Å². The number of hydrogen-bond donors (Lipinski definition) is 2. The number of rotatable bonds is 5. The van der Waals surface area contributed by atoms with Crippen molar-refractivity contribution in [3.8, 4) is 0 Å². The van der Waals surface area contributed by atoms with Gasteiger partial charge in [-0.3, -0.25) is 9.59 Å². The number of nitrogens with zero attached hydrogens (tertiary/aromatic N) is 1. The molecule has 21 heavy (non-hydrogen) atoms. The first kappa shape index (κ1) is 15.6. The maximum Gasteiger partial charge on any atom is 0.265 e. The van der Waals surface area contributed by atoms with Crippen LogP contribution < -0.4 is 10.5 Å². The summed E-state index contributed by atoms with van der Waals surface area (Å²) >= 11 is 0. The van der Waals surface area contributed by atoms with Crippen molar-refractivity contribution in [2.75, 3.05) is 0 Å². The Balaban J connectivity index is 2.08. The lowest BCUT2D eigenvalue weighted by Gasteiger charge is -2.09. The van der Waals surface area contributed by atoms with E-state index < -0.39 is 21.8 Å². The van der Waals surface area contributed by atoms with Crippen molar-refractivity contribution in [2.24, 2.45) is 18.7 Å². The molecule has 0 aliphatic heterocycles. The van der Waals surface area contributed by atoms with Gasteiger partial charge in [0.05, 0.1) is 0 Å². The molecule has 0 unspecified atom stereocenters. The fraction of sp³-hybridized carbons (Fsp3) is 0.538. The number of amides is 2. The fourth-order valence-corrected chi connectivity index (χ4v) is 3.72. The van der Waals surface area contributed by atoms with Gasteiger partial charge in [0.1, 0.15) is 10.6 Å². The highest BCUT2D eigenvalue weighted by atomic mass is 32.2. The first-order valence-corrected chi connectivity index (χ1v) is 8.30. The highest BCUT2D eigenvalue weighted by molar-refractivity contribution is 7.90. The first-order valence-electron chi connectivity index (χ1n) is 6.81. The molecule has 116 valence electrons. The van der Waals surface area contributed by atoms with Crippen molar-refractivity contribution < 1.29 is 18.0 Å². The van der Waals surface area contributed by atoms with E-state index in [-0.39, 0.29) is 22.9 Å². The summed E-state index contributed by atoms with van der Waals surface area (Å²) in [5.41, 5.74) is 5.21. The van der Waals surface area contributed by atoms with E-state index in [2.05, 4.69) is 0 Å². The minimum Gasteiger partial charge on any atom is -0.364 e. The number of nitrogens with two attached hydrogens (primary N) is 1. The number of aryl methyl sites for hydroxylation is 1. The molecule has 8 heteroatoms. The van der Waals surface area contributed by atoms with E-state index in [1.807, 2.05) is 4.72 Å². The second kappa shape index (κ2) is 5.88. The maximum absolute atomic E-state index is 12.1. The molecule has 1 aliphatic rings. The van der Waals surface area contributed by atoms with Gasteiger partial charge in [0.25, 0.3) is 15.9 Å². The van der Waals surface area contributed by atoms with Gasteiger partial charge < -0.3 is 10.3 Å². The third-order valence-corrected chi connectivity index (χ3v) is 5.08. The summed E-state index contributed by atoms with van der Waals surface area (Å²) in [7, 11) is -2.45. The zero-order valence-electron chi connectivity index (χ0n) is 11.8. The van der Waals surface area contributed by atoms with Gasteiger partial charge in [-0.15, -0.1) is 0 Å². The Morgan fingerprint density at radius 3 is 2.52 bits per heavy atom. The topological polar surface area (TPSA) is 111 Å². The van der Waals surface area contributed by atoms with E-state index in [0.717, 1.165) is 31.7 Å². The van der Waals surface area contributed by atoms with Crippen LogP contribution in [-0.4, -0.2) is 24.8 Å². The number of carbonyl (C=O) groups excluding carboxylic acids is 2. The van der Waals surface area contributed by atoms with Crippen molar-refractivity contribution in [2.45, 2.75) is 37.0 Å². The summed E-state index contributed by atoms with van der Waals surface area (Å²) in [4.78, 5) is 22.8. The third-order valence-electron chi connectivity index (χ3n) is 3.74. The average molecular weight is 313 g/mol. The minimum absolute atomic E-state index is 0.0682. The third kappa shape index (κ3) is 3.63. The van der Waals surface area contributed by atoms with Crippen LogP contribution in [0.4, 0.5) is 0 Å². The Morgan fingerprint density at radius 2 is 2.00 bits per heavy atom. The van der Waals surface area contributed by atoms with Gasteiger partial charge in [-0.1, -0.05) is 12.8 Å². The SMILES string of the molecule is Cn1cc(S(=O)(=O)NC(=O)CC2CCCC2)cc1C(N)=O. The van der Waals surface area contributed by atoms with Crippen LogP contribution in [0.3, 0.4) is 0 Å². The predicted molar refractivity (Wildman–Crippen MR) is 75.8 cm³/mol. The van der Waals surface area contributed by atoms with Crippen molar-refractivity contribution in [3.63, 3.8) is 0 Å². The molecule has 0 radical (unpaired) electrons. The predicted octanol–water partition coefficient (Wildman–Crippen LogP) is 0.509. The van der Waals surface area contributed by atoms with Crippen molar-refractivity contribution >= 4 is 21.8 Å². The average Bonchev–Trinajstić information content (AvgIpc) is 2.97. The van der Waals surface area contributed by atoms with Crippen molar-refractivity contribution in [1.29, 1.82) is 0 Å². The fourth-order valence-electron chi connectivity index (χ4n) is 2.65. The van der Waals surface area contributed by atoms with Gasteiger partial charge in [0.15, 0.2) is 0 Å². The van der Waals surface area contributed by atoms with Gasteiger partial charge >= 0.3 is 0 Å². The van der Waals surface area contributed by atoms with E-state index in [1.54, 1.807) is 0 Å². The van der Waals surface area contributed by atoms with Crippen LogP contribution >= 0.6 is 0 Å². The molecule has 0 spiro atoms. The number of nitrogens with one attached hydrogen (secondary N) is 1. The minimum atomic E-state index is -3.96. The Hall–Kier alpha value is -1.83. The normalized spacial score (nSPS) is 16.0. The van der Waals surface area contributed by atoms with E-state index in [1.165, 1.54) is 17.8 Å². The Kier molecular flexibility index (Phi) is 4.36. The molecule has 1 aromatic heterocycles. The Morgan fingerprint density at radius 1 is 1.38 bits per heavy atom. The molecule has 0 atom stereocenters. The van der Waals surface area contributed by atoms with Crippen LogP contribution in [0.5, 0.6) is 0 Å². The van der Waals surface area contributed by atoms with Crippen molar-refractivity contribution in [1.82, 2.24) is 9.29 Å². The highest BCUT2D eigenvalue weighted by Crippen LogP contribution is 2.27. The summed E-state index contributed by atoms with van der Waals surface area (Å²) < 4.78 is 27.6. The second-order valence-electron chi connectivity index (χ2n) is 5.42. The van der Waals surface area contributed by atoms with Gasteiger partial charge in [-0.2, -0.15) is 0 Å². The molecule has 1 aliphatic carbocycles. The molecule has 0 aromatic carbocycles. The van der Waals surface area contributed by atoms with Crippen LogP contribution in [0, 0.1) is 5.92 Å². The summed E-state index contributed by atoms with van der Waals surface area (Å²) in [6.45, 7) is 0. The van der Waals surface area contributed by atoms with Gasteiger partial charge in [-0.25, -0.2) is 13.1 Å². The van der Waals surface area contributed by atoms with E-state index in [0.29, 0.717) is 0 Å². The number of sulfonamides is 1. The lowest BCUT2D eigenvalue weighted by molar-refractivity contribution is -0.120. The number of primary amides is 1. The molecule has 7 nitrogen and oxygen atoms in total. The number of carbonyl (C=O) groups is 2. The quantitative estimate of drug-likeness (QED) is 0.824. The lowest BCUT2D eigenvalue weighted by atomic mass is 10.0. The van der Waals surface area contributed by atoms with E-state index >= 15 is 0 Å². The standard InChI is InChI=1S/C13H19N3O4S/c1-16-8-10(7-11(16)13(14)18)21(19,20)15-12(17)6-9-4-2-3-5-9/h7-9H,2-6H2,1H3,(H2,14,18)(H,15,17). The second-order valence-corrected chi connectivity index (χ2v) is 7.10. The van der Waals surface area contributed by atoms with Crippen LogP contribution in [0.1, 0.15) is 42.6 Å². The highest BCUT2D eigenvalue weighted by Gasteiger charge is 2.24. The zero-order valence-corrected chi connectivity index (χ0v) is 12.6. The molecular weight excluding hydrogens is 294 g/mol. The zero-order chi connectivity index (χ0) is 15.6. The number of hydrogen-bond acceptors (Lipinski definition) is 4. The summed E-state index contributed by atoms with van der Waals surface area (Å²) in [6, 6.07) is 1.16. The van der Waals surface area contributed by atoms with Crippen LogP contribution in [0.25, 0.3) is 0 Å². The summed E-state index contributed by atoms with van der Waals surface area (Å²) in [6.07, 6.45) is 5.58. The van der Waals surface area contributed by atoms with Crippen molar-refractivity contribution in [3.05, 3.63) is 18.0 Å². The molecule has 0 saturated heterocycles. The maximum atomic E-state index is 12.1. The molecule has 2 amide bonds. The van der Waals surface area contributed by atoms with Gasteiger partial charge in [0, 0.05) is 19.7 Å². The largest absolute Gasteiger partial charge is 0.364 e. The summed E-state index contributed by atoms with van der Waals surface area (Å²) in [5.74, 6) is -0.972. The Bertz CT molecular complexity index is 657. The molecule has 1 saturated carbocycles. The lowest BCUT2D eigenvalue weighted by Crippen LogP contribution is -2.31. The molecular formula is C13H19N3O4S.